The molecule has 1 aliphatic heterocycles. The lowest BCUT2D eigenvalue weighted by molar-refractivity contribution is -0.135. The first-order valence-corrected chi connectivity index (χ1v) is 11.0. The summed E-state index contributed by atoms with van der Waals surface area (Å²) in [7, 11) is -2.17. The van der Waals surface area contributed by atoms with Crippen LogP contribution in [-0.2, 0) is 14.8 Å². The number of ether oxygens (including phenoxy) is 1. The number of carbonyl (C=O) groups excluding carboxylic acids is 1. The molecule has 0 aliphatic carbocycles. The minimum Gasteiger partial charge on any atom is -0.492 e. The van der Waals surface area contributed by atoms with Crippen molar-refractivity contribution in [3.05, 3.63) is 60.4 Å². The molecule has 3 rings (SSSR count). The van der Waals surface area contributed by atoms with Crippen molar-refractivity contribution in [2.24, 2.45) is 5.92 Å². The van der Waals surface area contributed by atoms with Crippen molar-refractivity contribution in [1.29, 1.82) is 0 Å². The highest BCUT2D eigenvalue weighted by Crippen LogP contribution is 2.26. The van der Waals surface area contributed by atoms with Crippen LogP contribution >= 0.6 is 0 Å². The van der Waals surface area contributed by atoms with E-state index in [1.54, 1.807) is 11.9 Å². The molecule has 1 aliphatic rings. The maximum atomic E-state index is 13.9. The minimum atomic E-state index is -3.89. The zero-order chi connectivity index (χ0) is 20.9. The number of hydrogen-bond acceptors (Lipinski definition) is 4. The van der Waals surface area contributed by atoms with Gasteiger partial charge in [-0.1, -0.05) is 30.3 Å². The number of hydrogen-bond donors (Lipinski definition) is 0. The third kappa shape index (κ3) is 5.13. The van der Waals surface area contributed by atoms with Gasteiger partial charge in [-0.25, -0.2) is 12.8 Å². The van der Waals surface area contributed by atoms with E-state index in [9.17, 15) is 17.6 Å². The van der Waals surface area contributed by atoms with E-state index < -0.39 is 15.8 Å². The average molecular weight is 421 g/mol. The number of para-hydroxylation sites is 1. The topological polar surface area (TPSA) is 66.9 Å². The molecule has 2 aromatic rings. The fourth-order valence-corrected chi connectivity index (χ4v) is 4.91. The molecule has 0 spiro atoms. The van der Waals surface area contributed by atoms with Gasteiger partial charge >= 0.3 is 0 Å². The number of nitrogens with zero attached hydrogens (tertiary/aromatic N) is 2. The van der Waals surface area contributed by atoms with Crippen LogP contribution in [0.3, 0.4) is 0 Å². The van der Waals surface area contributed by atoms with E-state index in [2.05, 4.69) is 0 Å². The van der Waals surface area contributed by atoms with Crippen LogP contribution in [0.4, 0.5) is 4.39 Å². The first-order valence-electron chi connectivity index (χ1n) is 9.57. The Morgan fingerprint density at radius 1 is 1.10 bits per heavy atom. The summed E-state index contributed by atoms with van der Waals surface area (Å²) in [5.74, 6) is -0.280. The lowest BCUT2D eigenvalue weighted by atomic mass is 9.97. The Labute approximate surface area is 170 Å². The van der Waals surface area contributed by atoms with E-state index in [4.69, 9.17) is 4.74 Å². The van der Waals surface area contributed by atoms with Gasteiger partial charge in [-0.3, -0.25) is 4.79 Å². The van der Waals surface area contributed by atoms with Gasteiger partial charge in [-0.2, -0.15) is 4.31 Å². The van der Waals surface area contributed by atoms with Crippen molar-refractivity contribution in [3.8, 4) is 5.75 Å². The maximum Gasteiger partial charge on any atom is 0.245 e. The number of carbonyl (C=O) groups is 1. The van der Waals surface area contributed by atoms with Crippen LogP contribution in [0, 0.1) is 11.7 Å². The molecule has 156 valence electrons. The Morgan fingerprint density at radius 3 is 2.38 bits per heavy atom. The van der Waals surface area contributed by atoms with Crippen molar-refractivity contribution in [1.82, 2.24) is 9.21 Å². The van der Waals surface area contributed by atoms with Crippen molar-refractivity contribution >= 4 is 15.9 Å². The minimum absolute atomic E-state index is 0.0235. The third-order valence-electron chi connectivity index (χ3n) is 5.07. The average Bonchev–Trinajstić information content (AvgIpc) is 2.74. The van der Waals surface area contributed by atoms with Crippen molar-refractivity contribution < 1.29 is 22.3 Å². The summed E-state index contributed by atoms with van der Waals surface area (Å²) in [5.41, 5.74) is 0. The molecule has 29 heavy (non-hydrogen) atoms. The SMILES string of the molecule is CN(CCOc1ccccc1)C(=O)C1CCN(S(=O)(=O)c2ccccc2F)CC1. The normalized spacial score (nSPS) is 15.8. The predicted octanol–water partition coefficient (Wildman–Crippen LogP) is 2.76. The molecule has 0 saturated carbocycles. The summed E-state index contributed by atoms with van der Waals surface area (Å²) >= 11 is 0. The number of likely N-dealkylation sites (N-methyl/N-ethyl adjacent to an activating group) is 1. The molecule has 0 aromatic heterocycles. The monoisotopic (exact) mass is 420 g/mol. The van der Waals surface area contributed by atoms with Gasteiger partial charge in [-0.15, -0.1) is 0 Å². The Balaban J connectivity index is 1.50. The van der Waals surface area contributed by atoms with Crippen LogP contribution in [0.25, 0.3) is 0 Å². The zero-order valence-electron chi connectivity index (χ0n) is 16.3. The molecule has 8 heteroatoms. The number of benzene rings is 2. The highest BCUT2D eigenvalue weighted by molar-refractivity contribution is 7.89. The van der Waals surface area contributed by atoms with E-state index >= 15 is 0 Å². The number of sulfonamides is 1. The fraction of sp³-hybridized carbons (Fsp3) is 0.381. The molecule has 1 amide bonds. The van der Waals surface area contributed by atoms with Gasteiger partial charge in [0.1, 0.15) is 23.1 Å². The van der Waals surface area contributed by atoms with Gasteiger partial charge in [0, 0.05) is 26.1 Å². The second kappa shape index (κ2) is 9.37. The summed E-state index contributed by atoms with van der Waals surface area (Å²) in [5, 5.41) is 0. The molecule has 1 fully saturated rings. The van der Waals surface area contributed by atoms with E-state index in [1.165, 1.54) is 22.5 Å². The van der Waals surface area contributed by atoms with Gasteiger partial charge in [0.15, 0.2) is 0 Å². The van der Waals surface area contributed by atoms with Crippen LogP contribution in [-0.4, -0.2) is 56.8 Å². The van der Waals surface area contributed by atoms with E-state index in [1.807, 2.05) is 30.3 Å². The molecular formula is C21H25FN2O4S. The second-order valence-corrected chi connectivity index (χ2v) is 8.94. The molecule has 0 atom stereocenters. The van der Waals surface area contributed by atoms with Gasteiger partial charge in [-0.05, 0) is 37.1 Å². The number of halogens is 1. The molecule has 2 aromatic carbocycles. The summed E-state index contributed by atoms with van der Waals surface area (Å²) in [6.45, 7) is 1.22. The lowest BCUT2D eigenvalue weighted by Crippen LogP contribution is -2.44. The summed E-state index contributed by atoms with van der Waals surface area (Å²) < 4.78 is 46.1. The van der Waals surface area contributed by atoms with Crippen molar-refractivity contribution in [2.75, 3.05) is 33.3 Å². The molecule has 0 radical (unpaired) electrons. The van der Waals surface area contributed by atoms with Crippen molar-refractivity contribution in [3.63, 3.8) is 0 Å². The summed E-state index contributed by atoms with van der Waals surface area (Å²) in [6.07, 6.45) is 0.826. The molecule has 6 nitrogen and oxygen atoms in total. The predicted molar refractivity (Wildman–Crippen MR) is 107 cm³/mol. The Morgan fingerprint density at radius 2 is 1.72 bits per heavy atom. The first-order chi connectivity index (χ1) is 13.9. The van der Waals surface area contributed by atoms with Gasteiger partial charge in [0.2, 0.25) is 15.9 Å². The van der Waals surface area contributed by atoms with Crippen LogP contribution < -0.4 is 4.74 Å². The van der Waals surface area contributed by atoms with Gasteiger partial charge in [0.25, 0.3) is 0 Å². The maximum absolute atomic E-state index is 13.9. The summed E-state index contributed by atoms with van der Waals surface area (Å²) in [6, 6.07) is 14.7. The van der Waals surface area contributed by atoms with Crippen LogP contribution in [0.2, 0.25) is 0 Å². The Bertz CT molecular complexity index is 929. The third-order valence-corrected chi connectivity index (χ3v) is 7.00. The molecule has 0 bridgehead atoms. The van der Waals surface area contributed by atoms with Gasteiger partial charge in [0.05, 0.1) is 6.54 Å². The number of amides is 1. The molecule has 0 N–H and O–H groups in total. The molecule has 0 unspecified atom stereocenters. The molecular weight excluding hydrogens is 395 g/mol. The summed E-state index contributed by atoms with van der Waals surface area (Å²) in [4.78, 5) is 14.0. The quantitative estimate of drug-likeness (QED) is 0.691. The second-order valence-electron chi connectivity index (χ2n) is 7.03. The highest BCUT2D eigenvalue weighted by Gasteiger charge is 2.34. The van der Waals surface area contributed by atoms with Crippen LogP contribution in [0.15, 0.2) is 59.5 Å². The molecule has 1 heterocycles. The van der Waals surface area contributed by atoms with E-state index in [0.29, 0.717) is 26.0 Å². The van der Waals surface area contributed by atoms with Crippen molar-refractivity contribution in [2.45, 2.75) is 17.7 Å². The van der Waals surface area contributed by atoms with Crippen LogP contribution in [0.5, 0.6) is 5.75 Å². The highest BCUT2D eigenvalue weighted by atomic mass is 32.2. The van der Waals surface area contributed by atoms with E-state index in [-0.39, 0.29) is 29.8 Å². The Kier molecular flexibility index (Phi) is 6.87. The van der Waals surface area contributed by atoms with E-state index in [0.717, 1.165) is 11.8 Å². The molecule has 1 saturated heterocycles. The first kappa shape index (κ1) is 21.3. The van der Waals surface area contributed by atoms with Gasteiger partial charge < -0.3 is 9.64 Å². The zero-order valence-corrected chi connectivity index (χ0v) is 17.1. The fourth-order valence-electron chi connectivity index (χ4n) is 3.38. The standard InChI is InChI=1S/C21H25FN2O4S/c1-23(15-16-28-18-7-3-2-4-8-18)21(25)17-11-13-24(14-12-17)29(26,27)20-10-6-5-9-19(20)22/h2-10,17H,11-16H2,1H3. The number of rotatable bonds is 7. The smallest absolute Gasteiger partial charge is 0.245 e. The van der Waals surface area contributed by atoms with Crippen LogP contribution in [0.1, 0.15) is 12.8 Å². The number of piperidine rings is 1. The lowest BCUT2D eigenvalue weighted by Gasteiger charge is -2.32. The largest absolute Gasteiger partial charge is 0.492 e. The Hall–Kier alpha value is -2.45.